The molecule has 1 unspecified atom stereocenters. The zero-order chi connectivity index (χ0) is 14.0. The standard InChI is InChI=1S/C14H14ClFN2O/c1-8(10-4-3-5-11(16)6-10)13-9(2)17-12(7-19)18-14(13)15/h3-6,8,19H,7H2,1-2H3. The quantitative estimate of drug-likeness (QED) is 0.878. The van der Waals surface area contributed by atoms with E-state index in [-0.39, 0.29) is 24.2 Å². The second-order valence-electron chi connectivity index (χ2n) is 4.36. The van der Waals surface area contributed by atoms with Crippen LogP contribution >= 0.6 is 11.6 Å². The summed E-state index contributed by atoms with van der Waals surface area (Å²) in [6.07, 6.45) is 0. The molecule has 0 aliphatic carbocycles. The Morgan fingerprint density at radius 2 is 2.11 bits per heavy atom. The van der Waals surface area contributed by atoms with Gasteiger partial charge >= 0.3 is 0 Å². The van der Waals surface area contributed by atoms with Crippen LogP contribution in [0, 0.1) is 12.7 Å². The Bertz CT molecular complexity index is 581. The first-order valence-corrected chi connectivity index (χ1v) is 6.30. The van der Waals surface area contributed by atoms with Gasteiger partial charge in [-0.2, -0.15) is 0 Å². The second kappa shape index (κ2) is 5.63. The minimum atomic E-state index is -0.286. The van der Waals surface area contributed by atoms with Crippen molar-refractivity contribution >= 4 is 11.6 Å². The molecule has 1 N–H and O–H groups in total. The first kappa shape index (κ1) is 13.9. The third-order valence-corrected chi connectivity index (χ3v) is 3.35. The predicted octanol–water partition coefficient (Wildman–Crippen LogP) is 3.22. The molecule has 1 aromatic carbocycles. The Hall–Kier alpha value is -1.52. The van der Waals surface area contributed by atoms with Crippen molar-refractivity contribution in [2.75, 3.05) is 0 Å². The molecule has 0 fully saturated rings. The van der Waals surface area contributed by atoms with Crippen LogP contribution in [0.3, 0.4) is 0 Å². The van der Waals surface area contributed by atoms with E-state index in [2.05, 4.69) is 9.97 Å². The van der Waals surface area contributed by atoms with E-state index in [1.807, 2.05) is 13.0 Å². The van der Waals surface area contributed by atoms with Gasteiger partial charge in [0.25, 0.3) is 0 Å². The molecular formula is C14H14ClFN2O. The van der Waals surface area contributed by atoms with Gasteiger partial charge in [0.05, 0.1) is 0 Å². The minimum absolute atomic E-state index is 0.115. The van der Waals surface area contributed by atoms with E-state index < -0.39 is 0 Å². The van der Waals surface area contributed by atoms with E-state index in [0.717, 1.165) is 11.1 Å². The zero-order valence-corrected chi connectivity index (χ0v) is 11.4. The van der Waals surface area contributed by atoms with Crippen molar-refractivity contribution in [1.82, 2.24) is 9.97 Å². The van der Waals surface area contributed by atoms with Gasteiger partial charge in [-0.05, 0) is 24.6 Å². The summed E-state index contributed by atoms with van der Waals surface area (Å²) >= 11 is 6.14. The zero-order valence-electron chi connectivity index (χ0n) is 10.7. The van der Waals surface area contributed by atoms with E-state index in [4.69, 9.17) is 16.7 Å². The molecule has 100 valence electrons. The largest absolute Gasteiger partial charge is 0.388 e. The number of aromatic nitrogens is 2. The third-order valence-electron chi connectivity index (χ3n) is 3.06. The molecule has 19 heavy (non-hydrogen) atoms. The van der Waals surface area contributed by atoms with Crippen LogP contribution in [0.5, 0.6) is 0 Å². The maximum Gasteiger partial charge on any atom is 0.155 e. The van der Waals surface area contributed by atoms with Crippen molar-refractivity contribution in [2.45, 2.75) is 26.4 Å². The highest BCUT2D eigenvalue weighted by molar-refractivity contribution is 6.30. The molecule has 0 spiro atoms. The fourth-order valence-corrected chi connectivity index (χ4v) is 2.50. The molecule has 3 nitrogen and oxygen atoms in total. The molecule has 2 aromatic rings. The predicted molar refractivity (Wildman–Crippen MR) is 71.6 cm³/mol. The molecule has 5 heteroatoms. The molecule has 0 amide bonds. The summed E-state index contributed by atoms with van der Waals surface area (Å²) in [4.78, 5) is 8.21. The van der Waals surface area contributed by atoms with Crippen LogP contribution in [0.1, 0.15) is 35.5 Å². The Kier molecular flexibility index (Phi) is 4.12. The molecule has 1 heterocycles. The van der Waals surface area contributed by atoms with Crippen LogP contribution in [0.4, 0.5) is 4.39 Å². The van der Waals surface area contributed by atoms with Crippen molar-refractivity contribution in [3.63, 3.8) is 0 Å². The summed E-state index contributed by atoms with van der Waals surface area (Å²) in [7, 11) is 0. The average Bonchev–Trinajstić information content (AvgIpc) is 2.37. The Morgan fingerprint density at radius 1 is 1.37 bits per heavy atom. The van der Waals surface area contributed by atoms with Gasteiger partial charge in [0.1, 0.15) is 17.6 Å². The lowest BCUT2D eigenvalue weighted by atomic mass is 9.93. The number of aliphatic hydroxyl groups excluding tert-OH is 1. The average molecular weight is 281 g/mol. The van der Waals surface area contributed by atoms with E-state index in [1.165, 1.54) is 12.1 Å². The van der Waals surface area contributed by atoms with E-state index in [9.17, 15) is 4.39 Å². The van der Waals surface area contributed by atoms with Gasteiger partial charge in [-0.15, -0.1) is 0 Å². The van der Waals surface area contributed by atoms with E-state index in [1.54, 1.807) is 13.0 Å². The lowest BCUT2D eigenvalue weighted by Gasteiger charge is -2.16. The van der Waals surface area contributed by atoms with Gasteiger partial charge in [-0.25, -0.2) is 14.4 Å². The molecule has 0 radical (unpaired) electrons. The minimum Gasteiger partial charge on any atom is -0.388 e. The fraction of sp³-hybridized carbons (Fsp3) is 0.286. The van der Waals surface area contributed by atoms with Crippen LogP contribution < -0.4 is 0 Å². The number of aliphatic hydroxyl groups is 1. The first-order valence-electron chi connectivity index (χ1n) is 5.92. The van der Waals surface area contributed by atoms with Gasteiger partial charge in [-0.3, -0.25) is 0 Å². The van der Waals surface area contributed by atoms with Gasteiger partial charge in [0, 0.05) is 17.2 Å². The van der Waals surface area contributed by atoms with Crippen molar-refractivity contribution in [2.24, 2.45) is 0 Å². The molecule has 0 saturated carbocycles. The molecule has 0 saturated heterocycles. The van der Waals surface area contributed by atoms with Crippen LogP contribution in [-0.2, 0) is 6.61 Å². The van der Waals surface area contributed by atoms with Crippen molar-refractivity contribution in [3.8, 4) is 0 Å². The highest BCUT2D eigenvalue weighted by Gasteiger charge is 2.18. The summed E-state index contributed by atoms with van der Waals surface area (Å²) < 4.78 is 13.3. The number of nitrogens with zero attached hydrogens (tertiary/aromatic N) is 2. The molecule has 0 aliphatic heterocycles. The summed E-state index contributed by atoms with van der Waals surface area (Å²) in [5.41, 5.74) is 2.26. The topological polar surface area (TPSA) is 46.0 Å². The van der Waals surface area contributed by atoms with Crippen molar-refractivity contribution in [3.05, 3.63) is 57.9 Å². The summed E-state index contributed by atoms with van der Waals surface area (Å²) in [6.45, 7) is 3.47. The lowest BCUT2D eigenvalue weighted by Crippen LogP contribution is -2.07. The lowest BCUT2D eigenvalue weighted by molar-refractivity contribution is 0.271. The summed E-state index contributed by atoms with van der Waals surface area (Å²) in [5.74, 6) is -0.111. The monoisotopic (exact) mass is 280 g/mol. The molecule has 0 bridgehead atoms. The van der Waals surface area contributed by atoms with Gasteiger partial charge < -0.3 is 5.11 Å². The first-order chi connectivity index (χ1) is 9.02. The summed E-state index contributed by atoms with van der Waals surface area (Å²) in [5, 5.41) is 9.34. The molecule has 1 aromatic heterocycles. The number of hydrogen-bond acceptors (Lipinski definition) is 3. The van der Waals surface area contributed by atoms with Crippen LogP contribution in [0.25, 0.3) is 0 Å². The smallest absolute Gasteiger partial charge is 0.155 e. The Morgan fingerprint density at radius 3 is 2.68 bits per heavy atom. The van der Waals surface area contributed by atoms with Crippen LogP contribution in [0.2, 0.25) is 5.15 Å². The van der Waals surface area contributed by atoms with E-state index >= 15 is 0 Å². The highest BCUT2D eigenvalue weighted by atomic mass is 35.5. The number of benzene rings is 1. The SMILES string of the molecule is Cc1nc(CO)nc(Cl)c1C(C)c1cccc(F)c1. The van der Waals surface area contributed by atoms with E-state index in [0.29, 0.717) is 10.8 Å². The number of aryl methyl sites for hydroxylation is 1. The van der Waals surface area contributed by atoms with Crippen molar-refractivity contribution in [1.29, 1.82) is 0 Å². The van der Waals surface area contributed by atoms with Crippen molar-refractivity contribution < 1.29 is 9.50 Å². The summed E-state index contributed by atoms with van der Waals surface area (Å²) in [6, 6.07) is 6.37. The Labute approximate surface area is 116 Å². The number of rotatable bonds is 3. The maximum absolute atomic E-state index is 13.3. The number of hydrogen-bond donors (Lipinski definition) is 1. The van der Waals surface area contributed by atoms with Gasteiger partial charge in [-0.1, -0.05) is 30.7 Å². The molecule has 0 aliphatic rings. The van der Waals surface area contributed by atoms with Gasteiger partial charge in [0.2, 0.25) is 0 Å². The van der Waals surface area contributed by atoms with Crippen LogP contribution in [0.15, 0.2) is 24.3 Å². The fourth-order valence-electron chi connectivity index (χ4n) is 2.11. The number of halogens is 2. The normalized spacial score (nSPS) is 12.5. The highest BCUT2D eigenvalue weighted by Crippen LogP contribution is 2.31. The van der Waals surface area contributed by atoms with Gasteiger partial charge in [0.15, 0.2) is 5.82 Å². The molecule has 2 rings (SSSR count). The van der Waals surface area contributed by atoms with Crippen LogP contribution in [-0.4, -0.2) is 15.1 Å². The second-order valence-corrected chi connectivity index (χ2v) is 4.72. The maximum atomic E-state index is 13.3. The molecular weight excluding hydrogens is 267 g/mol. The molecule has 1 atom stereocenters. The third kappa shape index (κ3) is 2.91. The Balaban J connectivity index is 2.47.